The molecule has 0 aromatic heterocycles. The Labute approximate surface area is 115 Å². The van der Waals surface area contributed by atoms with Gasteiger partial charge in [0, 0.05) is 0 Å². The van der Waals surface area contributed by atoms with Crippen molar-refractivity contribution in [2.45, 2.75) is 79.1 Å². The summed E-state index contributed by atoms with van der Waals surface area (Å²) in [5.74, 6) is 6.05. The summed E-state index contributed by atoms with van der Waals surface area (Å²) >= 11 is 0. The van der Waals surface area contributed by atoms with Crippen LogP contribution in [0.2, 0.25) is 0 Å². The minimum Gasteiger partial charge on any atom is -0.0625 e. The van der Waals surface area contributed by atoms with E-state index in [1.807, 2.05) is 0 Å². The molecule has 0 aromatic carbocycles. The Kier molecular flexibility index (Phi) is 5.15. The van der Waals surface area contributed by atoms with Crippen molar-refractivity contribution in [3.8, 4) is 0 Å². The molecule has 0 amide bonds. The highest BCUT2D eigenvalue weighted by molar-refractivity contribution is 4.85. The quantitative estimate of drug-likeness (QED) is 0.584. The first-order valence-corrected chi connectivity index (χ1v) is 8.58. The first kappa shape index (κ1) is 14.4. The van der Waals surface area contributed by atoms with Crippen LogP contribution in [-0.4, -0.2) is 0 Å². The van der Waals surface area contributed by atoms with Crippen LogP contribution in [0.1, 0.15) is 79.1 Å². The van der Waals surface area contributed by atoms with Crippen LogP contribution in [0.4, 0.5) is 0 Å². The second-order valence-electron chi connectivity index (χ2n) is 7.86. The van der Waals surface area contributed by atoms with Crippen molar-refractivity contribution >= 4 is 0 Å². The van der Waals surface area contributed by atoms with Gasteiger partial charge in [-0.3, -0.25) is 0 Å². The molecule has 106 valence electrons. The summed E-state index contributed by atoms with van der Waals surface area (Å²) in [6.45, 7) is 9.87. The fourth-order valence-electron chi connectivity index (χ4n) is 4.82. The fourth-order valence-corrected chi connectivity index (χ4v) is 4.82. The number of hydrogen-bond donors (Lipinski definition) is 0. The van der Waals surface area contributed by atoms with Crippen LogP contribution >= 0.6 is 0 Å². The summed E-state index contributed by atoms with van der Waals surface area (Å²) in [6, 6.07) is 0. The average Bonchev–Trinajstić information content (AvgIpc) is 2.34. The van der Waals surface area contributed by atoms with Crippen LogP contribution < -0.4 is 0 Å². The second kappa shape index (κ2) is 6.44. The maximum atomic E-state index is 2.49. The van der Waals surface area contributed by atoms with Crippen LogP contribution in [0.15, 0.2) is 0 Å². The maximum Gasteiger partial charge on any atom is -0.0334 e. The Morgan fingerprint density at radius 3 is 1.22 bits per heavy atom. The van der Waals surface area contributed by atoms with Gasteiger partial charge in [0.1, 0.15) is 0 Å². The van der Waals surface area contributed by atoms with Gasteiger partial charge in [-0.2, -0.15) is 0 Å². The molecule has 0 atom stereocenters. The zero-order chi connectivity index (χ0) is 13.1. The monoisotopic (exact) mass is 250 g/mol. The molecule has 0 radical (unpaired) electrons. The fraction of sp³-hybridized carbons (Fsp3) is 1.00. The van der Waals surface area contributed by atoms with Gasteiger partial charge in [-0.05, 0) is 61.2 Å². The molecule has 0 aliphatic heterocycles. The van der Waals surface area contributed by atoms with E-state index in [1.165, 1.54) is 51.4 Å². The molecule has 0 unspecified atom stereocenters. The SMILES string of the molecule is CC1CCC(C(C(C)C)C2CCC(C)CC2)CC1. The predicted octanol–water partition coefficient (Wildman–Crippen LogP) is 5.91. The molecule has 0 bridgehead atoms. The highest BCUT2D eigenvalue weighted by Crippen LogP contribution is 2.45. The van der Waals surface area contributed by atoms with E-state index in [1.54, 1.807) is 0 Å². The van der Waals surface area contributed by atoms with Gasteiger partial charge >= 0.3 is 0 Å². The van der Waals surface area contributed by atoms with Crippen molar-refractivity contribution in [3.63, 3.8) is 0 Å². The Morgan fingerprint density at radius 2 is 0.944 bits per heavy atom. The molecule has 0 heteroatoms. The van der Waals surface area contributed by atoms with Crippen LogP contribution in [0.3, 0.4) is 0 Å². The van der Waals surface area contributed by atoms with Gasteiger partial charge in [0.05, 0.1) is 0 Å². The molecule has 2 rings (SSSR count). The zero-order valence-corrected chi connectivity index (χ0v) is 13.1. The van der Waals surface area contributed by atoms with E-state index < -0.39 is 0 Å². The van der Waals surface area contributed by atoms with Gasteiger partial charge in [0.25, 0.3) is 0 Å². The van der Waals surface area contributed by atoms with Gasteiger partial charge in [-0.1, -0.05) is 53.4 Å². The molecule has 0 aromatic rings. The molecule has 2 aliphatic rings. The van der Waals surface area contributed by atoms with Gasteiger partial charge in [-0.25, -0.2) is 0 Å². The van der Waals surface area contributed by atoms with Crippen molar-refractivity contribution in [1.82, 2.24) is 0 Å². The summed E-state index contributed by atoms with van der Waals surface area (Å²) < 4.78 is 0. The molecular formula is C18H34. The lowest BCUT2D eigenvalue weighted by atomic mass is 9.63. The lowest BCUT2D eigenvalue weighted by Gasteiger charge is -2.42. The standard InChI is InChI=1S/C18H34/c1-13(2)18(16-9-5-14(3)6-10-16)17-11-7-15(4)8-12-17/h13-18H,5-12H2,1-4H3. The largest absolute Gasteiger partial charge is 0.0625 e. The molecule has 2 aliphatic carbocycles. The Hall–Kier alpha value is 0. The maximum absolute atomic E-state index is 2.49. The van der Waals surface area contributed by atoms with E-state index in [9.17, 15) is 0 Å². The van der Waals surface area contributed by atoms with Crippen molar-refractivity contribution in [3.05, 3.63) is 0 Å². The van der Waals surface area contributed by atoms with E-state index in [0.717, 1.165) is 35.5 Å². The topological polar surface area (TPSA) is 0 Å². The van der Waals surface area contributed by atoms with Crippen LogP contribution in [0, 0.1) is 35.5 Å². The molecule has 18 heavy (non-hydrogen) atoms. The van der Waals surface area contributed by atoms with Gasteiger partial charge in [0.2, 0.25) is 0 Å². The molecule has 2 fully saturated rings. The van der Waals surface area contributed by atoms with E-state index >= 15 is 0 Å². The van der Waals surface area contributed by atoms with Crippen molar-refractivity contribution in [2.75, 3.05) is 0 Å². The second-order valence-corrected chi connectivity index (χ2v) is 7.86. The van der Waals surface area contributed by atoms with Crippen LogP contribution in [0.5, 0.6) is 0 Å². The van der Waals surface area contributed by atoms with Crippen LogP contribution in [0.25, 0.3) is 0 Å². The van der Waals surface area contributed by atoms with Crippen molar-refractivity contribution < 1.29 is 0 Å². The third kappa shape index (κ3) is 3.52. The number of rotatable bonds is 3. The van der Waals surface area contributed by atoms with E-state index in [0.29, 0.717) is 0 Å². The molecule has 0 nitrogen and oxygen atoms in total. The predicted molar refractivity (Wildman–Crippen MR) is 80.6 cm³/mol. The van der Waals surface area contributed by atoms with Crippen molar-refractivity contribution in [1.29, 1.82) is 0 Å². The molecule has 0 heterocycles. The molecule has 0 N–H and O–H groups in total. The molecular weight excluding hydrogens is 216 g/mol. The molecule has 0 saturated heterocycles. The summed E-state index contributed by atoms with van der Waals surface area (Å²) in [6.07, 6.45) is 12.1. The summed E-state index contributed by atoms with van der Waals surface area (Å²) in [5, 5.41) is 0. The lowest BCUT2D eigenvalue weighted by molar-refractivity contribution is 0.0820. The molecule has 0 spiro atoms. The summed E-state index contributed by atoms with van der Waals surface area (Å²) in [7, 11) is 0. The van der Waals surface area contributed by atoms with Crippen LogP contribution in [-0.2, 0) is 0 Å². The van der Waals surface area contributed by atoms with Gasteiger partial charge in [-0.15, -0.1) is 0 Å². The Bertz CT molecular complexity index is 204. The Morgan fingerprint density at radius 1 is 0.611 bits per heavy atom. The number of hydrogen-bond acceptors (Lipinski definition) is 0. The van der Waals surface area contributed by atoms with E-state index in [-0.39, 0.29) is 0 Å². The lowest BCUT2D eigenvalue weighted by Crippen LogP contribution is -2.33. The summed E-state index contributed by atoms with van der Waals surface area (Å²) in [4.78, 5) is 0. The third-order valence-electron chi connectivity index (χ3n) is 5.98. The minimum atomic E-state index is 0.904. The first-order valence-electron chi connectivity index (χ1n) is 8.58. The highest BCUT2D eigenvalue weighted by atomic mass is 14.4. The smallest absolute Gasteiger partial charge is 0.0334 e. The zero-order valence-electron chi connectivity index (χ0n) is 13.1. The van der Waals surface area contributed by atoms with E-state index in [2.05, 4.69) is 27.7 Å². The first-order chi connectivity index (χ1) is 8.58. The van der Waals surface area contributed by atoms with E-state index in [4.69, 9.17) is 0 Å². The highest BCUT2D eigenvalue weighted by Gasteiger charge is 2.35. The van der Waals surface area contributed by atoms with Gasteiger partial charge in [0.15, 0.2) is 0 Å². The summed E-state index contributed by atoms with van der Waals surface area (Å²) in [5.41, 5.74) is 0. The minimum absolute atomic E-state index is 0.904. The molecule has 2 saturated carbocycles. The van der Waals surface area contributed by atoms with Crippen molar-refractivity contribution in [2.24, 2.45) is 35.5 Å². The normalized spacial score (nSPS) is 39.8. The average molecular weight is 250 g/mol. The van der Waals surface area contributed by atoms with Gasteiger partial charge < -0.3 is 0 Å². The third-order valence-corrected chi connectivity index (χ3v) is 5.98. The Balaban J connectivity index is 1.95.